The van der Waals surface area contributed by atoms with E-state index < -0.39 is 36.2 Å². The van der Waals surface area contributed by atoms with Crippen LogP contribution in [0.25, 0.3) is 0 Å². The fourth-order valence-corrected chi connectivity index (χ4v) is 4.38. The predicted molar refractivity (Wildman–Crippen MR) is 126 cm³/mol. The second-order valence-corrected chi connectivity index (χ2v) is 9.69. The van der Waals surface area contributed by atoms with Gasteiger partial charge in [0.15, 0.2) is 0 Å². The van der Waals surface area contributed by atoms with Crippen LogP contribution in [0.5, 0.6) is 5.75 Å². The second-order valence-electron chi connectivity index (χ2n) is 8.63. The van der Waals surface area contributed by atoms with Crippen LogP contribution in [0.15, 0.2) is 47.4 Å². The molecule has 2 aromatic rings. The van der Waals surface area contributed by atoms with Crippen LogP contribution in [-0.4, -0.2) is 49.1 Å². The first-order valence-corrected chi connectivity index (χ1v) is 11.6. The van der Waals surface area contributed by atoms with Crippen molar-refractivity contribution in [2.45, 2.75) is 50.5 Å². The zero-order valence-electron chi connectivity index (χ0n) is 19.7. The van der Waals surface area contributed by atoms with Gasteiger partial charge >= 0.3 is 18.7 Å². The number of ether oxygens (including phenoxy) is 3. The minimum absolute atomic E-state index is 0.0145. The highest BCUT2D eigenvalue weighted by molar-refractivity contribution is 7.99. The van der Waals surface area contributed by atoms with E-state index in [1.54, 1.807) is 51.1 Å². The number of esters is 1. The number of anilines is 1. The van der Waals surface area contributed by atoms with Gasteiger partial charge < -0.3 is 24.4 Å². The lowest BCUT2D eigenvalue weighted by Gasteiger charge is -2.27. The fraction of sp³-hybridized carbons (Fsp3) is 0.375. The summed E-state index contributed by atoms with van der Waals surface area (Å²) in [6, 6.07) is 9.81. The molecular formula is C24H26F2N2O6S. The molecule has 2 aromatic carbocycles. The van der Waals surface area contributed by atoms with E-state index in [0.29, 0.717) is 11.3 Å². The van der Waals surface area contributed by atoms with Crippen LogP contribution in [-0.2, 0) is 20.8 Å². The van der Waals surface area contributed by atoms with Crippen LogP contribution in [0.1, 0.15) is 36.7 Å². The first-order valence-electron chi connectivity index (χ1n) is 10.7. The van der Waals surface area contributed by atoms with Crippen molar-refractivity contribution in [3.8, 4) is 5.75 Å². The fourth-order valence-electron chi connectivity index (χ4n) is 3.32. The number of alkyl carbamates (subject to hydrolysis) is 1. The van der Waals surface area contributed by atoms with Gasteiger partial charge in [-0.15, -0.1) is 11.8 Å². The molecule has 1 heterocycles. The van der Waals surface area contributed by atoms with E-state index >= 15 is 0 Å². The summed E-state index contributed by atoms with van der Waals surface area (Å²) >= 11 is 1.34. The Morgan fingerprint density at radius 1 is 1.17 bits per heavy atom. The zero-order valence-corrected chi connectivity index (χ0v) is 20.5. The first-order chi connectivity index (χ1) is 16.5. The standard InChI is InChI=1S/C24H26F2N2O6S/c1-24(2,3)34-23(31)27-17-13-35-19-10-7-15(21(30)32-4)11-18(19)28(20(17)29)12-14-5-8-16(9-6-14)33-22(25)26/h5-11,17,22H,12-13H2,1-4H3,(H,27,31)/t17-/m0/s1. The molecule has 1 N–H and O–H groups in total. The quantitative estimate of drug-likeness (QED) is 0.570. The molecule has 0 spiro atoms. The molecule has 1 aliphatic heterocycles. The number of hydrogen-bond acceptors (Lipinski definition) is 7. The molecule has 0 saturated heterocycles. The third-order valence-electron chi connectivity index (χ3n) is 4.82. The van der Waals surface area contributed by atoms with Crippen molar-refractivity contribution < 1.29 is 37.4 Å². The van der Waals surface area contributed by atoms with Crippen molar-refractivity contribution in [2.75, 3.05) is 17.8 Å². The molecule has 0 fully saturated rings. The van der Waals surface area contributed by atoms with Crippen LogP contribution in [0.3, 0.4) is 0 Å². The van der Waals surface area contributed by atoms with Crippen LogP contribution in [0, 0.1) is 0 Å². The lowest BCUT2D eigenvalue weighted by atomic mass is 10.1. The summed E-state index contributed by atoms with van der Waals surface area (Å²) in [4.78, 5) is 40.2. The number of rotatable bonds is 6. The SMILES string of the molecule is COC(=O)c1ccc2c(c1)N(Cc1ccc(OC(F)F)cc1)C(=O)[C@@H](NC(=O)OC(C)(C)C)CS2. The summed E-state index contributed by atoms with van der Waals surface area (Å²) < 4.78 is 39.4. The summed E-state index contributed by atoms with van der Waals surface area (Å²) in [5.74, 6) is -0.761. The normalized spacial score (nSPS) is 15.8. The Hall–Kier alpha value is -3.34. The molecule has 0 aromatic heterocycles. The van der Waals surface area contributed by atoms with Gasteiger partial charge in [-0.05, 0) is 56.7 Å². The Kier molecular flexibility index (Phi) is 8.21. The average Bonchev–Trinajstić information content (AvgIpc) is 2.90. The number of methoxy groups -OCH3 is 1. The van der Waals surface area contributed by atoms with E-state index in [9.17, 15) is 23.2 Å². The van der Waals surface area contributed by atoms with Crippen molar-refractivity contribution in [1.82, 2.24) is 5.32 Å². The molecule has 0 unspecified atom stereocenters. The van der Waals surface area contributed by atoms with E-state index in [-0.39, 0.29) is 23.6 Å². The van der Waals surface area contributed by atoms with Gasteiger partial charge in [0.2, 0.25) is 0 Å². The summed E-state index contributed by atoms with van der Waals surface area (Å²) in [5.41, 5.74) is 0.593. The Bertz CT molecular complexity index is 1090. The van der Waals surface area contributed by atoms with Gasteiger partial charge in [-0.25, -0.2) is 9.59 Å². The lowest BCUT2D eigenvalue weighted by Crippen LogP contribution is -2.50. The Labute approximate surface area is 205 Å². The molecule has 8 nitrogen and oxygen atoms in total. The zero-order chi connectivity index (χ0) is 25.8. The van der Waals surface area contributed by atoms with Crippen molar-refractivity contribution >= 4 is 35.4 Å². The monoisotopic (exact) mass is 508 g/mol. The van der Waals surface area contributed by atoms with E-state index in [2.05, 4.69) is 10.1 Å². The number of carbonyl (C=O) groups excluding carboxylic acids is 3. The maximum atomic E-state index is 13.6. The smallest absolute Gasteiger partial charge is 0.408 e. The van der Waals surface area contributed by atoms with Crippen molar-refractivity contribution in [1.29, 1.82) is 0 Å². The van der Waals surface area contributed by atoms with Gasteiger partial charge in [0.1, 0.15) is 17.4 Å². The topological polar surface area (TPSA) is 94.2 Å². The van der Waals surface area contributed by atoms with Crippen LogP contribution < -0.4 is 15.0 Å². The molecule has 2 amide bonds. The van der Waals surface area contributed by atoms with Crippen LogP contribution >= 0.6 is 11.8 Å². The van der Waals surface area contributed by atoms with Gasteiger partial charge in [0.25, 0.3) is 5.91 Å². The molecule has 0 radical (unpaired) electrons. The summed E-state index contributed by atoms with van der Waals surface area (Å²) in [5, 5.41) is 2.63. The van der Waals surface area contributed by atoms with Crippen molar-refractivity contribution in [3.05, 3.63) is 53.6 Å². The number of nitrogens with zero attached hydrogens (tertiary/aromatic N) is 1. The van der Waals surface area contributed by atoms with Crippen molar-refractivity contribution in [3.63, 3.8) is 0 Å². The highest BCUT2D eigenvalue weighted by atomic mass is 32.2. The van der Waals surface area contributed by atoms with Gasteiger partial charge in [0, 0.05) is 10.6 Å². The molecule has 1 atom stereocenters. The average molecular weight is 509 g/mol. The number of thioether (sulfide) groups is 1. The molecule has 1 aliphatic rings. The molecule has 0 saturated carbocycles. The molecule has 0 aliphatic carbocycles. The summed E-state index contributed by atoms with van der Waals surface area (Å²) in [7, 11) is 1.26. The second kappa shape index (κ2) is 10.9. The van der Waals surface area contributed by atoms with E-state index in [0.717, 1.165) is 4.90 Å². The number of halogens is 2. The number of nitrogens with one attached hydrogen (secondary N) is 1. The third kappa shape index (κ3) is 7.08. The molecule has 3 rings (SSSR count). The Morgan fingerprint density at radius 3 is 2.46 bits per heavy atom. The molecule has 0 bridgehead atoms. The maximum Gasteiger partial charge on any atom is 0.408 e. The first kappa shape index (κ1) is 26.3. The van der Waals surface area contributed by atoms with E-state index in [1.807, 2.05) is 0 Å². The van der Waals surface area contributed by atoms with Crippen molar-refractivity contribution in [2.24, 2.45) is 0 Å². The predicted octanol–water partition coefficient (Wildman–Crippen LogP) is 4.61. The number of alkyl halides is 2. The maximum absolute atomic E-state index is 13.6. The van der Waals surface area contributed by atoms with Gasteiger partial charge in [0.05, 0.1) is 24.9 Å². The number of carbonyl (C=O) groups is 3. The highest BCUT2D eigenvalue weighted by Gasteiger charge is 2.33. The van der Waals surface area contributed by atoms with E-state index in [1.165, 1.54) is 35.9 Å². The number of benzene rings is 2. The van der Waals surface area contributed by atoms with Gasteiger partial charge in [-0.3, -0.25) is 4.79 Å². The summed E-state index contributed by atoms with van der Waals surface area (Å²) in [6.45, 7) is 2.25. The van der Waals surface area contributed by atoms with Crippen LogP contribution in [0.2, 0.25) is 0 Å². The molecule has 35 heavy (non-hydrogen) atoms. The number of fused-ring (bicyclic) bond motifs is 1. The third-order valence-corrected chi connectivity index (χ3v) is 5.98. The minimum Gasteiger partial charge on any atom is -0.465 e. The number of hydrogen-bond donors (Lipinski definition) is 1. The molecule has 188 valence electrons. The Balaban J connectivity index is 1.94. The lowest BCUT2D eigenvalue weighted by molar-refractivity contribution is -0.120. The molecular weight excluding hydrogens is 482 g/mol. The largest absolute Gasteiger partial charge is 0.465 e. The summed E-state index contributed by atoms with van der Waals surface area (Å²) in [6.07, 6.45) is -0.730. The highest BCUT2D eigenvalue weighted by Crippen LogP contribution is 2.36. The van der Waals surface area contributed by atoms with Crippen LogP contribution in [0.4, 0.5) is 19.3 Å². The van der Waals surface area contributed by atoms with Gasteiger partial charge in [-0.2, -0.15) is 8.78 Å². The Morgan fingerprint density at radius 2 is 1.86 bits per heavy atom. The van der Waals surface area contributed by atoms with Gasteiger partial charge in [-0.1, -0.05) is 12.1 Å². The number of amides is 2. The molecule has 11 heteroatoms. The van der Waals surface area contributed by atoms with E-state index in [4.69, 9.17) is 9.47 Å². The minimum atomic E-state index is -2.95.